The van der Waals surface area contributed by atoms with Gasteiger partial charge in [0.2, 0.25) is 11.7 Å². The standard InChI is InChI=1S/C22H21N3O4/c26-20(14-27-17-4-2-1-3-5-17)25-12-19(13-25)28-18-10-8-15(9-11-18)21-23-22(29-24-21)16-6-7-16/h1-5,8-11,16,19H,6-7,12-14H2. The van der Waals surface area contributed by atoms with E-state index in [0.717, 1.165) is 30.0 Å². The van der Waals surface area contributed by atoms with E-state index in [9.17, 15) is 4.79 Å². The summed E-state index contributed by atoms with van der Waals surface area (Å²) in [5, 5.41) is 4.05. The van der Waals surface area contributed by atoms with Gasteiger partial charge in [-0.1, -0.05) is 23.4 Å². The molecule has 1 aliphatic carbocycles. The third-order valence-corrected chi connectivity index (χ3v) is 5.09. The summed E-state index contributed by atoms with van der Waals surface area (Å²) in [5.41, 5.74) is 0.900. The van der Waals surface area contributed by atoms with Crippen molar-refractivity contribution in [2.24, 2.45) is 0 Å². The van der Waals surface area contributed by atoms with Crippen LogP contribution in [0.2, 0.25) is 0 Å². The molecule has 0 bridgehead atoms. The fourth-order valence-corrected chi connectivity index (χ4v) is 3.19. The van der Waals surface area contributed by atoms with Gasteiger partial charge in [-0.3, -0.25) is 4.79 Å². The number of rotatable bonds is 7. The smallest absolute Gasteiger partial charge is 0.260 e. The van der Waals surface area contributed by atoms with Crippen LogP contribution in [0.1, 0.15) is 24.7 Å². The molecule has 1 aromatic heterocycles. The van der Waals surface area contributed by atoms with E-state index in [-0.39, 0.29) is 18.6 Å². The zero-order valence-electron chi connectivity index (χ0n) is 15.9. The maximum absolute atomic E-state index is 12.2. The Morgan fingerprint density at radius 3 is 2.52 bits per heavy atom. The number of hydrogen-bond acceptors (Lipinski definition) is 6. The summed E-state index contributed by atoms with van der Waals surface area (Å²) >= 11 is 0. The van der Waals surface area contributed by atoms with Gasteiger partial charge in [0.1, 0.15) is 17.6 Å². The molecule has 29 heavy (non-hydrogen) atoms. The Morgan fingerprint density at radius 2 is 1.79 bits per heavy atom. The van der Waals surface area contributed by atoms with Gasteiger partial charge in [0, 0.05) is 11.5 Å². The Balaban J connectivity index is 1.09. The van der Waals surface area contributed by atoms with Gasteiger partial charge in [-0.15, -0.1) is 0 Å². The van der Waals surface area contributed by atoms with Gasteiger partial charge in [0.05, 0.1) is 13.1 Å². The lowest BCUT2D eigenvalue weighted by Gasteiger charge is -2.38. The molecular weight excluding hydrogens is 370 g/mol. The van der Waals surface area contributed by atoms with Crippen LogP contribution < -0.4 is 9.47 Å². The predicted molar refractivity (Wildman–Crippen MR) is 105 cm³/mol. The second kappa shape index (κ2) is 7.58. The van der Waals surface area contributed by atoms with E-state index in [1.807, 2.05) is 54.6 Å². The topological polar surface area (TPSA) is 77.7 Å². The third-order valence-electron chi connectivity index (χ3n) is 5.09. The molecule has 148 valence electrons. The van der Waals surface area contributed by atoms with E-state index >= 15 is 0 Å². The van der Waals surface area contributed by atoms with Crippen LogP contribution >= 0.6 is 0 Å². The molecule has 0 N–H and O–H groups in total. The SMILES string of the molecule is O=C(COc1ccccc1)N1CC(Oc2ccc(-c3noc(C4CC4)n3)cc2)C1. The first-order valence-corrected chi connectivity index (χ1v) is 9.81. The number of carbonyl (C=O) groups excluding carboxylic acids is 1. The molecule has 7 heteroatoms. The second-order valence-electron chi connectivity index (χ2n) is 7.40. The van der Waals surface area contributed by atoms with Crippen molar-refractivity contribution in [3.8, 4) is 22.9 Å². The van der Waals surface area contributed by atoms with Crippen LogP contribution in [0.3, 0.4) is 0 Å². The molecule has 2 aromatic carbocycles. The maximum Gasteiger partial charge on any atom is 0.260 e. The average Bonchev–Trinajstić information content (AvgIpc) is 3.47. The van der Waals surface area contributed by atoms with Crippen LogP contribution in [-0.2, 0) is 4.79 Å². The highest BCUT2D eigenvalue weighted by Gasteiger charge is 2.32. The van der Waals surface area contributed by atoms with Crippen LogP contribution in [-0.4, -0.2) is 46.7 Å². The van der Waals surface area contributed by atoms with E-state index in [0.29, 0.717) is 30.6 Å². The number of nitrogens with zero attached hydrogens (tertiary/aromatic N) is 3. The average molecular weight is 391 g/mol. The van der Waals surface area contributed by atoms with Gasteiger partial charge in [-0.05, 0) is 49.2 Å². The molecular formula is C22H21N3O4. The van der Waals surface area contributed by atoms with Crippen molar-refractivity contribution in [1.29, 1.82) is 0 Å². The monoisotopic (exact) mass is 391 g/mol. The minimum Gasteiger partial charge on any atom is -0.487 e. The summed E-state index contributed by atoms with van der Waals surface area (Å²) in [6, 6.07) is 17.0. The van der Waals surface area contributed by atoms with Gasteiger partial charge in [-0.2, -0.15) is 4.98 Å². The van der Waals surface area contributed by atoms with E-state index < -0.39 is 0 Å². The molecule has 0 radical (unpaired) electrons. The molecule has 1 aliphatic heterocycles. The summed E-state index contributed by atoms with van der Waals surface area (Å²) in [6.07, 6.45) is 2.26. The number of hydrogen-bond donors (Lipinski definition) is 0. The first-order valence-electron chi connectivity index (χ1n) is 9.81. The molecule has 2 fully saturated rings. The van der Waals surface area contributed by atoms with Crippen molar-refractivity contribution in [1.82, 2.24) is 15.0 Å². The van der Waals surface area contributed by atoms with E-state index in [4.69, 9.17) is 14.0 Å². The number of benzene rings is 2. The third kappa shape index (κ3) is 4.08. The Hall–Kier alpha value is -3.35. The second-order valence-corrected chi connectivity index (χ2v) is 7.40. The lowest BCUT2D eigenvalue weighted by molar-refractivity contribution is -0.142. The summed E-state index contributed by atoms with van der Waals surface area (Å²) in [5.74, 6) is 3.21. The van der Waals surface area contributed by atoms with Crippen LogP contribution in [0, 0.1) is 0 Å². The lowest BCUT2D eigenvalue weighted by Crippen LogP contribution is -2.57. The molecule has 0 spiro atoms. The number of aromatic nitrogens is 2. The van der Waals surface area contributed by atoms with Crippen LogP contribution in [0.15, 0.2) is 59.1 Å². The first kappa shape index (κ1) is 17.7. The lowest BCUT2D eigenvalue weighted by atomic mass is 10.1. The highest BCUT2D eigenvalue weighted by atomic mass is 16.5. The fourth-order valence-electron chi connectivity index (χ4n) is 3.19. The summed E-state index contributed by atoms with van der Waals surface area (Å²) in [7, 11) is 0. The number of amides is 1. The van der Waals surface area contributed by atoms with Gasteiger partial charge in [-0.25, -0.2) is 0 Å². The molecule has 0 unspecified atom stereocenters. The predicted octanol–water partition coefficient (Wildman–Crippen LogP) is 3.28. The van der Waals surface area contributed by atoms with Crippen molar-refractivity contribution in [2.45, 2.75) is 24.9 Å². The van der Waals surface area contributed by atoms with Gasteiger partial charge >= 0.3 is 0 Å². The molecule has 7 nitrogen and oxygen atoms in total. The Bertz CT molecular complexity index is 977. The molecule has 1 saturated carbocycles. The Kier molecular flexibility index (Phi) is 4.63. The minimum atomic E-state index is -0.0346. The van der Waals surface area contributed by atoms with E-state index in [1.165, 1.54) is 0 Å². The first-order chi connectivity index (χ1) is 14.2. The molecule has 5 rings (SSSR count). The van der Waals surface area contributed by atoms with Gasteiger partial charge in [0.15, 0.2) is 6.61 Å². The van der Waals surface area contributed by atoms with E-state index in [1.54, 1.807) is 4.90 Å². The number of para-hydroxylation sites is 1. The highest BCUT2D eigenvalue weighted by Crippen LogP contribution is 2.39. The van der Waals surface area contributed by atoms with Crippen molar-refractivity contribution in [2.75, 3.05) is 19.7 Å². The minimum absolute atomic E-state index is 0.00632. The highest BCUT2D eigenvalue weighted by molar-refractivity contribution is 5.78. The molecule has 2 aliphatic rings. The van der Waals surface area contributed by atoms with Crippen molar-refractivity contribution in [3.05, 3.63) is 60.5 Å². The number of carbonyl (C=O) groups is 1. The molecule has 1 saturated heterocycles. The molecule has 3 aromatic rings. The van der Waals surface area contributed by atoms with Crippen LogP contribution in [0.5, 0.6) is 11.5 Å². The molecule has 1 amide bonds. The Morgan fingerprint density at radius 1 is 1.03 bits per heavy atom. The summed E-state index contributed by atoms with van der Waals surface area (Å²) < 4.78 is 16.7. The largest absolute Gasteiger partial charge is 0.487 e. The zero-order valence-corrected chi connectivity index (χ0v) is 15.9. The van der Waals surface area contributed by atoms with Crippen molar-refractivity contribution in [3.63, 3.8) is 0 Å². The summed E-state index contributed by atoms with van der Waals surface area (Å²) in [4.78, 5) is 18.4. The number of ether oxygens (including phenoxy) is 2. The maximum atomic E-state index is 12.2. The molecule has 0 atom stereocenters. The zero-order chi connectivity index (χ0) is 19.6. The van der Waals surface area contributed by atoms with Crippen LogP contribution in [0.25, 0.3) is 11.4 Å². The fraction of sp³-hybridized carbons (Fsp3) is 0.318. The quantitative estimate of drug-likeness (QED) is 0.615. The van der Waals surface area contributed by atoms with Gasteiger partial charge < -0.3 is 18.9 Å². The van der Waals surface area contributed by atoms with E-state index in [2.05, 4.69) is 10.1 Å². The van der Waals surface area contributed by atoms with Crippen molar-refractivity contribution < 1.29 is 18.8 Å². The van der Waals surface area contributed by atoms with Crippen LogP contribution in [0.4, 0.5) is 0 Å². The van der Waals surface area contributed by atoms with Gasteiger partial charge in [0.25, 0.3) is 5.91 Å². The normalized spacial score (nSPS) is 16.3. The number of likely N-dealkylation sites (tertiary alicyclic amines) is 1. The molecule has 2 heterocycles. The summed E-state index contributed by atoms with van der Waals surface area (Å²) in [6.45, 7) is 1.17. The van der Waals surface area contributed by atoms with Crippen molar-refractivity contribution >= 4 is 5.91 Å². The Labute approximate surface area is 168 Å².